The van der Waals surface area contributed by atoms with Crippen molar-refractivity contribution in [2.75, 3.05) is 18.6 Å². The summed E-state index contributed by atoms with van der Waals surface area (Å²) in [6.07, 6.45) is 2.25. The minimum Gasteiger partial charge on any atom is -0.493 e. The van der Waals surface area contributed by atoms with Crippen LogP contribution in [-0.4, -0.2) is 31.6 Å². The first kappa shape index (κ1) is 21.4. The average Bonchev–Trinajstić information content (AvgIpc) is 2.72. The van der Waals surface area contributed by atoms with Crippen LogP contribution in [0.1, 0.15) is 24.5 Å². The van der Waals surface area contributed by atoms with E-state index in [2.05, 4.69) is 5.32 Å². The molecular weight excluding hydrogens is 408 g/mol. The summed E-state index contributed by atoms with van der Waals surface area (Å²) >= 11 is 6.13. The maximum absolute atomic E-state index is 13.0. The highest BCUT2D eigenvalue weighted by atomic mass is 35.5. The van der Waals surface area contributed by atoms with Crippen LogP contribution in [0.4, 0.5) is 10.5 Å². The number of imide groups is 2. The molecule has 1 saturated heterocycles. The number of nitrogens with zero attached hydrogens (tertiary/aromatic N) is 1. The molecule has 0 bridgehead atoms. The lowest BCUT2D eigenvalue weighted by Crippen LogP contribution is -2.54. The summed E-state index contributed by atoms with van der Waals surface area (Å²) in [5.74, 6) is -0.481. The predicted octanol–water partition coefficient (Wildman–Crippen LogP) is 4.11. The Labute approximate surface area is 179 Å². The van der Waals surface area contributed by atoms with E-state index >= 15 is 0 Å². The van der Waals surface area contributed by atoms with Crippen LogP contribution in [0.25, 0.3) is 6.08 Å². The van der Waals surface area contributed by atoms with Gasteiger partial charge in [0, 0.05) is 5.02 Å². The molecular formula is C22H21ClN2O5. The SMILES string of the molecule is CCCOc1ccc(/C=C2\C(=O)NC(=O)N(c3ccc(C)c(Cl)c3)C2=O)cc1OC. The van der Waals surface area contributed by atoms with Gasteiger partial charge in [-0.05, 0) is 54.8 Å². The first-order valence-electron chi connectivity index (χ1n) is 9.34. The number of benzene rings is 2. The van der Waals surface area contributed by atoms with E-state index in [0.717, 1.165) is 16.9 Å². The number of barbiturate groups is 1. The summed E-state index contributed by atoms with van der Waals surface area (Å²) < 4.78 is 11.0. The van der Waals surface area contributed by atoms with Crippen LogP contribution in [-0.2, 0) is 9.59 Å². The van der Waals surface area contributed by atoms with Crippen LogP contribution in [0.5, 0.6) is 11.5 Å². The number of ether oxygens (including phenoxy) is 2. The monoisotopic (exact) mass is 428 g/mol. The Balaban J connectivity index is 1.97. The topological polar surface area (TPSA) is 84.9 Å². The summed E-state index contributed by atoms with van der Waals surface area (Å²) in [4.78, 5) is 38.5. The molecule has 7 nitrogen and oxygen atoms in total. The molecule has 0 spiro atoms. The molecule has 2 aromatic rings. The van der Waals surface area contributed by atoms with E-state index in [1.165, 1.54) is 19.3 Å². The summed E-state index contributed by atoms with van der Waals surface area (Å²) in [6, 6.07) is 9.02. The maximum atomic E-state index is 13.0. The largest absolute Gasteiger partial charge is 0.493 e. The van der Waals surface area contributed by atoms with Crippen molar-refractivity contribution in [3.63, 3.8) is 0 Å². The van der Waals surface area contributed by atoms with Crippen LogP contribution < -0.4 is 19.7 Å². The summed E-state index contributed by atoms with van der Waals surface area (Å²) in [5, 5.41) is 2.60. The molecule has 0 saturated carbocycles. The quantitative estimate of drug-likeness (QED) is 0.552. The molecule has 1 aliphatic heterocycles. The van der Waals surface area contributed by atoms with Crippen LogP contribution in [0.15, 0.2) is 42.0 Å². The minimum atomic E-state index is -0.831. The second-order valence-corrected chi connectivity index (χ2v) is 7.06. The Kier molecular flexibility index (Phi) is 6.42. The van der Waals surface area contributed by atoms with Crippen molar-refractivity contribution >= 4 is 41.2 Å². The lowest BCUT2D eigenvalue weighted by atomic mass is 10.1. The van der Waals surface area contributed by atoms with Gasteiger partial charge in [-0.3, -0.25) is 14.9 Å². The van der Waals surface area contributed by atoms with Gasteiger partial charge in [0.25, 0.3) is 11.8 Å². The van der Waals surface area contributed by atoms with Crippen molar-refractivity contribution in [3.05, 3.63) is 58.1 Å². The summed E-state index contributed by atoms with van der Waals surface area (Å²) in [5.41, 5.74) is 1.43. The molecule has 8 heteroatoms. The molecule has 30 heavy (non-hydrogen) atoms. The van der Waals surface area contributed by atoms with Gasteiger partial charge >= 0.3 is 6.03 Å². The Morgan fingerprint density at radius 1 is 1.10 bits per heavy atom. The van der Waals surface area contributed by atoms with Crippen molar-refractivity contribution < 1.29 is 23.9 Å². The van der Waals surface area contributed by atoms with E-state index in [1.54, 1.807) is 37.3 Å². The number of aryl methyl sites for hydroxylation is 1. The second kappa shape index (κ2) is 9.00. The number of halogens is 1. The standard InChI is InChI=1S/C22H21ClN2O5/c1-4-9-30-18-8-6-14(11-19(18)29-3)10-16-20(26)24-22(28)25(21(16)27)15-7-5-13(2)17(23)12-15/h5-8,10-12H,4,9H2,1-3H3,(H,24,26,28)/b16-10+. The fraction of sp³-hybridized carbons (Fsp3) is 0.227. The van der Waals surface area contributed by atoms with Crippen molar-refractivity contribution in [2.45, 2.75) is 20.3 Å². The van der Waals surface area contributed by atoms with Crippen LogP contribution in [0.2, 0.25) is 5.02 Å². The molecule has 0 aliphatic carbocycles. The van der Waals surface area contributed by atoms with Gasteiger partial charge in [0.15, 0.2) is 11.5 Å². The van der Waals surface area contributed by atoms with Gasteiger partial charge in [0.1, 0.15) is 5.57 Å². The third-order valence-corrected chi connectivity index (χ3v) is 4.88. The van der Waals surface area contributed by atoms with Gasteiger partial charge in [0.2, 0.25) is 0 Å². The molecule has 2 aromatic carbocycles. The molecule has 0 unspecified atom stereocenters. The summed E-state index contributed by atoms with van der Waals surface area (Å²) in [7, 11) is 1.51. The van der Waals surface area contributed by atoms with E-state index < -0.39 is 17.8 Å². The first-order chi connectivity index (χ1) is 14.3. The van der Waals surface area contributed by atoms with Crippen molar-refractivity contribution in [2.24, 2.45) is 0 Å². The number of urea groups is 1. The molecule has 3 rings (SSSR count). The highest BCUT2D eigenvalue weighted by Gasteiger charge is 2.37. The normalized spacial score (nSPS) is 15.4. The van der Waals surface area contributed by atoms with Gasteiger partial charge in [0.05, 0.1) is 19.4 Å². The fourth-order valence-corrected chi connectivity index (χ4v) is 3.06. The third-order valence-electron chi connectivity index (χ3n) is 4.48. The lowest BCUT2D eigenvalue weighted by Gasteiger charge is -2.26. The van der Waals surface area contributed by atoms with Crippen LogP contribution in [0.3, 0.4) is 0 Å². The van der Waals surface area contributed by atoms with E-state index in [4.69, 9.17) is 21.1 Å². The summed E-state index contributed by atoms with van der Waals surface area (Å²) in [6.45, 7) is 4.33. The number of carbonyl (C=O) groups is 3. The molecule has 1 heterocycles. The molecule has 0 radical (unpaired) electrons. The predicted molar refractivity (Wildman–Crippen MR) is 114 cm³/mol. The van der Waals surface area contributed by atoms with Crippen molar-refractivity contribution in [3.8, 4) is 11.5 Å². The van der Waals surface area contributed by atoms with E-state index in [9.17, 15) is 14.4 Å². The zero-order valence-corrected chi connectivity index (χ0v) is 17.6. The maximum Gasteiger partial charge on any atom is 0.335 e. The van der Waals surface area contributed by atoms with E-state index in [1.807, 2.05) is 6.92 Å². The Bertz CT molecular complexity index is 1050. The van der Waals surface area contributed by atoms with Crippen LogP contribution in [0, 0.1) is 6.92 Å². The van der Waals surface area contributed by atoms with Gasteiger partial charge in [-0.15, -0.1) is 0 Å². The average molecular weight is 429 g/mol. The number of nitrogens with one attached hydrogen (secondary N) is 1. The Morgan fingerprint density at radius 3 is 2.53 bits per heavy atom. The molecule has 1 N–H and O–H groups in total. The lowest BCUT2D eigenvalue weighted by molar-refractivity contribution is -0.122. The van der Waals surface area contributed by atoms with E-state index in [-0.39, 0.29) is 11.3 Å². The third kappa shape index (κ3) is 4.31. The zero-order valence-electron chi connectivity index (χ0n) is 16.8. The Hall–Kier alpha value is -3.32. The fourth-order valence-electron chi connectivity index (χ4n) is 2.88. The number of methoxy groups -OCH3 is 1. The highest BCUT2D eigenvalue weighted by Crippen LogP contribution is 2.30. The molecule has 1 aliphatic rings. The van der Waals surface area contributed by atoms with Gasteiger partial charge in [-0.1, -0.05) is 30.7 Å². The molecule has 4 amide bonds. The number of hydrogen-bond donors (Lipinski definition) is 1. The smallest absolute Gasteiger partial charge is 0.335 e. The highest BCUT2D eigenvalue weighted by molar-refractivity contribution is 6.39. The number of carbonyl (C=O) groups excluding carboxylic acids is 3. The molecule has 1 fully saturated rings. The number of hydrogen-bond acceptors (Lipinski definition) is 5. The number of rotatable bonds is 6. The number of amides is 4. The van der Waals surface area contributed by atoms with Gasteiger partial charge in [-0.25, -0.2) is 9.69 Å². The van der Waals surface area contributed by atoms with Gasteiger partial charge in [-0.2, -0.15) is 0 Å². The molecule has 156 valence electrons. The van der Waals surface area contributed by atoms with Crippen LogP contribution >= 0.6 is 11.6 Å². The first-order valence-corrected chi connectivity index (χ1v) is 9.72. The van der Waals surface area contributed by atoms with Crippen molar-refractivity contribution in [1.82, 2.24) is 5.32 Å². The zero-order chi connectivity index (χ0) is 21.8. The van der Waals surface area contributed by atoms with E-state index in [0.29, 0.717) is 28.7 Å². The second-order valence-electron chi connectivity index (χ2n) is 6.65. The number of anilines is 1. The minimum absolute atomic E-state index is 0.185. The molecule has 0 atom stereocenters. The van der Waals surface area contributed by atoms with Gasteiger partial charge < -0.3 is 9.47 Å². The van der Waals surface area contributed by atoms with Crippen molar-refractivity contribution in [1.29, 1.82) is 0 Å². The molecule has 0 aromatic heterocycles. The Morgan fingerprint density at radius 2 is 1.87 bits per heavy atom.